The van der Waals surface area contributed by atoms with Crippen LogP contribution in [0.3, 0.4) is 0 Å². The van der Waals surface area contributed by atoms with Crippen molar-refractivity contribution < 1.29 is 19.1 Å². The van der Waals surface area contributed by atoms with Crippen molar-refractivity contribution in [2.24, 2.45) is 0 Å². The molecular weight excluding hydrogens is 320 g/mol. The number of unbranched alkanes of at least 4 members (excludes halogenated alkanes) is 5. The minimum absolute atomic E-state index is 0.117. The van der Waals surface area contributed by atoms with E-state index >= 15 is 0 Å². The molecule has 0 aliphatic carbocycles. The molecule has 0 heterocycles. The molecule has 0 amide bonds. The van der Waals surface area contributed by atoms with E-state index in [1.165, 1.54) is 0 Å². The molecule has 0 aliphatic heterocycles. The van der Waals surface area contributed by atoms with Crippen LogP contribution in [0.1, 0.15) is 64.2 Å². The zero-order valence-corrected chi connectivity index (χ0v) is 15.2. The molecule has 0 rings (SSSR count). The van der Waals surface area contributed by atoms with Gasteiger partial charge in [-0.2, -0.15) is 25.3 Å². The zero-order chi connectivity index (χ0) is 16.5. The van der Waals surface area contributed by atoms with Crippen molar-refractivity contribution in [3.8, 4) is 0 Å². The summed E-state index contributed by atoms with van der Waals surface area (Å²) < 4.78 is 10.2. The average Bonchev–Trinajstić information content (AvgIpc) is 2.52. The van der Waals surface area contributed by atoms with Gasteiger partial charge in [-0.15, -0.1) is 0 Å². The normalized spacial score (nSPS) is 10.5. The molecular formula is C16H30O4S2. The van der Waals surface area contributed by atoms with Gasteiger partial charge < -0.3 is 9.47 Å². The molecule has 6 heteroatoms. The summed E-state index contributed by atoms with van der Waals surface area (Å²) >= 11 is 8.11. The van der Waals surface area contributed by atoms with Gasteiger partial charge in [-0.1, -0.05) is 25.7 Å². The lowest BCUT2D eigenvalue weighted by molar-refractivity contribution is -0.144. The van der Waals surface area contributed by atoms with Crippen molar-refractivity contribution in [3.05, 3.63) is 0 Å². The molecule has 0 aliphatic rings. The zero-order valence-electron chi connectivity index (χ0n) is 13.4. The highest BCUT2D eigenvalue weighted by Gasteiger charge is 2.02. The van der Waals surface area contributed by atoms with E-state index in [1.807, 2.05) is 0 Å². The Morgan fingerprint density at radius 2 is 0.955 bits per heavy atom. The van der Waals surface area contributed by atoms with Crippen molar-refractivity contribution in [1.29, 1.82) is 0 Å². The Morgan fingerprint density at radius 1 is 0.591 bits per heavy atom. The maximum atomic E-state index is 11.2. The van der Waals surface area contributed by atoms with E-state index < -0.39 is 0 Å². The van der Waals surface area contributed by atoms with Crippen molar-refractivity contribution >= 4 is 37.2 Å². The molecule has 0 radical (unpaired) electrons. The molecule has 0 aromatic heterocycles. The van der Waals surface area contributed by atoms with Crippen molar-refractivity contribution in [3.63, 3.8) is 0 Å². The molecule has 0 bridgehead atoms. The molecule has 0 saturated heterocycles. The molecule has 0 N–H and O–H groups in total. The lowest BCUT2D eigenvalue weighted by Crippen LogP contribution is -2.06. The van der Waals surface area contributed by atoms with Gasteiger partial charge in [0.1, 0.15) is 0 Å². The summed E-state index contributed by atoms with van der Waals surface area (Å²) in [5, 5.41) is 0. The van der Waals surface area contributed by atoms with Gasteiger partial charge >= 0.3 is 11.9 Å². The largest absolute Gasteiger partial charge is 0.466 e. The Morgan fingerprint density at radius 3 is 1.32 bits per heavy atom. The minimum atomic E-state index is -0.117. The van der Waals surface area contributed by atoms with Gasteiger partial charge in [0.2, 0.25) is 0 Å². The molecule has 4 nitrogen and oxygen atoms in total. The lowest BCUT2D eigenvalue weighted by Gasteiger charge is -2.05. The van der Waals surface area contributed by atoms with E-state index in [1.54, 1.807) is 0 Å². The number of carbonyl (C=O) groups is 2. The summed E-state index contributed by atoms with van der Waals surface area (Å²) in [4.78, 5) is 22.5. The second kappa shape index (κ2) is 17.0. The second-order valence-corrected chi connectivity index (χ2v) is 6.11. The standard InChI is InChI=1S/C16H30O4S2/c17-15(9-7-13-21)19-11-5-3-1-2-4-6-12-20-16(18)10-8-14-22/h21-22H,1-14H2. The molecule has 0 aromatic carbocycles. The maximum Gasteiger partial charge on any atom is 0.305 e. The van der Waals surface area contributed by atoms with Gasteiger partial charge in [0.25, 0.3) is 0 Å². The number of hydrogen-bond donors (Lipinski definition) is 2. The topological polar surface area (TPSA) is 52.6 Å². The van der Waals surface area contributed by atoms with Gasteiger partial charge in [0.05, 0.1) is 13.2 Å². The van der Waals surface area contributed by atoms with Crippen LogP contribution in [0.4, 0.5) is 0 Å². The van der Waals surface area contributed by atoms with Crippen molar-refractivity contribution in [2.75, 3.05) is 24.7 Å². The average molecular weight is 351 g/mol. The van der Waals surface area contributed by atoms with Gasteiger partial charge in [-0.25, -0.2) is 0 Å². The van der Waals surface area contributed by atoms with E-state index in [2.05, 4.69) is 25.3 Å². The fourth-order valence-corrected chi connectivity index (χ4v) is 2.19. The molecule has 0 atom stereocenters. The summed E-state index contributed by atoms with van der Waals surface area (Å²) in [7, 11) is 0. The van der Waals surface area contributed by atoms with Crippen LogP contribution in [0.5, 0.6) is 0 Å². The SMILES string of the molecule is O=C(CCCS)OCCCCCCCCOC(=O)CCCS. The number of ether oxygens (including phenoxy) is 2. The Balaban J connectivity index is 3.17. The van der Waals surface area contributed by atoms with Crippen LogP contribution in [0, 0.1) is 0 Å². The Kier molecular flexibility index (Phi) is 16.7. The molecule has 0 spiro atoms. The highest BCUT2D eigenvalue weighted by molar-refractivity contribution is 7.80. The predicted octanol–water partition coefficient (Wildman–Crippen LogP) is 3.83. The van der Waals surface area contributed by atoms with Crippen LogP contribution in [0.25, 0.3) is 0 Å². The molecule has 0 saturated carbocycles. The van der Waals surface area contributed by atoms with Crippen LogP contribution in [-0.2, 0) is 19.1 Å². The highest BCUT2D eigenvalue weighted by Crippen LogP contribution is 2.07. The smallest absolute Gasteiger partial charge is 0.305 e. The third-order valence-corrected chi connectivity index (χ3v) is 3.78. The van der Waals surface area contributed by atoms with Crippen molar-refractivity contribution in [1.82, 2.24) is 0 Å². The first-order valence-electron chi connectivity index (χ1n) is 8.23. The van der Waals surface area contributed by atoms with Crippen LogP contribution in [0.15, 0.2) is 0 Å². The first-order chi connectivity index (χ1) is 10.7. The summed E-state index contributed by atoms with van der Waals surface area (Å²) in [5.41, 5.74) is 0. The minimum Gasteiger partial charge on any atom is -0.466 e. The lowest BCUT2D eigenvalue weighted by atomic mass is 10.1. The molecule has 0 fully saturated rings. The van der Waals surface area contributed by atoms with E-state index in [-0.39, 0.29) is 11.9 Å². The van der Waals surface area contributed by atoms with E-state index in [0.717, 1.165) is 62.9 Å². The number of hydrogen-bond acceptors (Lipinski definition) is 6. The molecule has 22 heavy (non-hydrogen) atoms. The van der Waals surface area contributed by atoms with Gasteiger partial charge in [-0.3, -0.25) is 9.59 Å². The maximum absolute atomic E-state index is 11.2. The summed E-state index contributed by atoms with van der Waals surface area (Å²) in [6.45, 7) is 1.04. The van der Waals surface area contributed by atoms with Crippen LogP contribution < -0.4 is 0 Å². The molecule has 130 valence electrons. The van der Waals surface area contributed by atoms with E-state index in [9.17, 15) is 9.59 Å². The van der Waals surface area contributed by atoms with Crippen LogP contribution >= 0.6 is 25.3 Å². The van der Waals surface area contributed by atoms with Gasteiger partial charge in [-0.05, 0) is 37.2 Å². The Hall–Kier alpha value is -0.360. The highest BCUT2D eigenvalue weighted by atomic mass is 32.1. The fraction of sp³-hybridized carbons (Fsp3) is 0.875. The Labute approximate surface area is 145 Å². The fourth-order valence-electron chi connectivity index (χ4n) is 1.87. The number of rotatable bonds is 15. The number of carbonyl (C=O) groups excluding carboxylic acids is 2. The third-order valence-electron chi connectivity index (χ3n) is 3.14. The summed E-state index contributed by atoms with van der Waals surface area (Å²) in [5.74, 6) is 1.21. The monoisotopic (exact) mass is 350 g/mol. The third kappa shape index (κ3) is 16.0. The summed E-state index contributed by atoms with van der Waals surface area (Å²) in [6.07, 6.45) is 8.73. The van der Waals surface area contributed by atoms with Crippen LogP contribution in [-0.4, -0.2) is 36.7 Å². The van der Waals surface area contributed by atoms with E-state index in [0.29, 0.717) is 26.1 Å². The quantitative estimate of drug-likeness (QED) is 0.268. The molecule has 0 aromatic rings. The van der Waals surface area contributed by atoms with Crippen molar-refractivity contribution in [2.45, 2.75) is 64.2 Å². The first-order valence-corrected chi connectivity index (χ1v) is 9.50. The van der Waals surface area contributed by atoms with Gasteiger partial charge in [0, 0.05) is 12.8 Å². The van der Waals surface area contributed by atoms with Crippen LogP contribution in [0.2, 0.25) is 0 Å². The number of esters is 2. The summed E-state index contributed by atoms with van der Waals surface area (Å²) in [6, 6.07) is 0. The van der Waals surface area contributed by atoms with E-state index in [4.69, 9.17) is 9.47 Å². The Bertz CT molecular complexity index is 257. The predicted molar refractivity (Wildman–Crippen MR) is 95.8 cm³/mol. The first kappa shape index (κ1) is 21.6. The second-order valence-electron chi connectivity index (χ2n) is 5.22. The van der Waals surface area contributed by atoms with Gasteiger partial charge in [0.15, 0.2) is 0 Å². The molecule has 0 unspecified atom stereocenters. The number of thiol groups is 2.